The van der Waals surface area contributed by atoms with Gasteiger partial charge in [-0.25, -0.2) is 0 Å². The number of esters is 1. The first kappa shape index (κ1) is 22.5. The van der Waals surface area contributed by atoms with Crippen molar-refractivity contribution < 1.29 is 23.9 Å². The molecule has 0 spiro atoms. The van der Waals surface area contributed by atoms with Gasteiger partial charge in [0.2, 0.25) is 0 Å². The second kappa shape index (κ2) is 11.9. The maximum Gasteiger partial charge on any atom is 0.325 e. The first-order chi connectivity index (χ1) is 14.0. The standard InChI is InChI=1S/C22H25NO5S/c1-3-4-13-27-18-9-5-17(6-10-18)22(26)23-14-21(25)28-15-20(24)16-7-11-19(29-2)12-8-16/h5-12H,3-4,13-15H2,1-2H3,(H,23,26). The number of nitrogens with one attached hydrogen (secondary N) is 1. The Labute approximate surface area is 175 Å². The molecule has 1 amide bonds. The van der Waals surface area contributed by atoms with Crippen LogP contribution in [0, 0.1) is 0 Å². The lowest BCUT2D eigenvalue weighted by Gasteiger charge is -2.08. The number of ether oxygens (including phenoxy) is 2. The van der Waals surface area contributed by atoms with E-state index in [9.17, 15) is 14.4 Å². The molecule has 7 heteroatoms. The molecule has 1 N–H and O–H groups in total. The highest BCUT2D eigenvalue weighted by atomic mass is 32.2. The lowest BCUT2D eigenvalue weighted by molar-refractivity contribution is -0.141. The van der Waals surface area contributed by atoms with Gasteiger partial charge in [-0.2, -0.15) is 0 Å². The molecule has 29 heavy (non-hydrogen) atoms. The summed E-state index contributed by atoms with van der Waals surface area (Å²) in [5.41, 5.74) is 0.881. The van der Waals surface area contributed by atoms with Gasteiger partial charge in [0.05, 0.1) is 6.61 Å². The molecule has 154 valence electrons. The predicted molar refractivity (Wildman–Crippen MR) is 113 cm³/mol. The average molecular weight is 416 g/mol. The number of carbonyl (C=O) groups is 3. The second-order valence-corrected chi connectivity index (χ2v) is 7.10. The predicted octanol–water partition coefficient (Wildman–Crippen LogP) is 3.74. The van der Waals surface area contributed by atoms with Gasteiger partial charge in [-0.05, 0) is 49.1 Å². The molecular weight excluding hydrogens is 390 g/mol. The van der Waals surface area contributed by atoms with Crippen molar-refractivity contribution in [2.45, 2.75) is 24.7 Å². The summed E-state index contributed by atoms with van der Waals surface area (Å²) in [7, 11) is 0. The zero-order valence-corrected chi connectivity index (χ0v) is 17.4. The number of carbonyl (C=O) groups excluding carboxylic acids is 3. The molecule has 0 unspecified atom stereocenters. The molecule has 0 saturated carbocycles. The second-order valence-electron chi connectivity index (χ2n) is 6.22. The third kappa shape index (κ3) is 7.62. The van der Waals surface area contributed by atoms with Crippen molar-refractivity contribution in [2.75, 3.05) is 26.0 Å². The lowest BCUT2D eigenvalue weighted by Crippen LogP contribution is -2.31. The van der Waals surface area contributed by atoms with Crippen molar-refractivity contribution in [1.29, 1.82) is 0 Å². The first-order valence-electron chi connectivity index (χ1n) is 9.37. The minimum Gasteiger partial charge on any atom is -0.494 e. The van der Waals surface area contributed by atoms with Crippen LogP contribution in [0.1, 0.15) is 40.5 Å². The monoisotopic (exact) mass is 415 g/mol. The van der Waals surface area contributed by atoms with Crippen LogP contribution in [0.25, 0.3) is 0 Å². The molecule has 0 heterocycles. The van der Waals surface area contributed by atoms with E-state index in [4.69, 9.17) is 9.47 Å². The maximum atomic E-state index is 12.1. The van der Waals surface area contributed by atoms with E-state index in [0.29, 0.717) is 23.5 Å². The molecule has 0 saturated heterocycles. The summed E-state index contributed by atoms with van der Waals surface area (Å²) in [5, 5.41) is 2.48. The summed E-state index contributed by atoms with van der Waals surface area (Å²) in [4.78, 5) is 37.0. The molecule has 0 aliphatic carbocycles. The van der Waals surface area contributed by atoms with Crippen molar-refractivity contribution in [3.8, 4) is 5.75 Å². The molecule has 0 atom stereocenters. The van der Waals surface area contributed by atoms with Crippen molar-refractivity contribution in [2.24, 2.45) is 0 Å². The van der Waals surface area contributed by atoms with E-state index in [0.717, 1.165) is 17.7 Å². The fraction of sp³-hybridized carbons (Fsp3) is 0.318. The van der Waals surface area contributed by atoms with Gasteiger partial charge in [0.15, 0.2) is 12.4 Å². The molecule has 0 bridgehead atoms. The van der Waals surface area contributed by atoms with Crippen molar-refractivity contribution in [3.63, 3.8) is 0 Å². The number of hydrogen-bond donors (Lipinski definition) is 1. The zero-order chi connectivity index (χ0) is 21.1. The third-order valence-electron chi connectivity index (χ3n) is 4.05. The maximum absolute atomic E-state index is 12.1. The van der Waals surface area contributed by atoms with Gasteiger partial charge >= 0.3 is 5.97 Å². The van der Waals surface area contributed by atoms with Gasteiger partial charge < -0.3 is 14.8 Å². The number of thioether (sulfide) groups is 1. The SMILES string of the molecule is CCCCOc1ccc(C(=O)NCC(=O)OCC(=O)c2ccc(SC)cc2)cc1. The van der Waals surface area contributed by atoms with Crippen LogP contribution >= 0.6 is 11.8 Å². The Bertz CT molecular complexity index is 818. The van der Waals surface area contributed by atoms with Crippen LogP contribution < -0.4 is 10.1 Å². The van der Waals surface area contributed by atoms with Crippen molar-refractivity contribution in [1.82, 2.24) is 5.32 Å². The van der Waals surface area contributed by atoms with Crippen LogP contribution in [0.15, 0.2) is 53.4 Å². The molecule has 2 aromatic carbocycles. The van der Waals surface area contributed by atoms with Crippen LogP contribution in [0.5, 0.6) is 5.75 Å². The zero-order valence-electron chi connectivity index (χ0n) is 16.6. The largest absolute Gasteiger partial charge is 0.494 e. The Morgan fingerprint density at radius 3 is 2.24 bits per heavy atom. The van der Waals surface area contributed by atoms with E-state index >= 15 is 0 Å². The molecule has 0 fully saturated rings. The smallest absolute Gasteiger partial charge is 0.325 e. The highest BCUT2D eigenvalue weighted by Crippen LogP contribution is 2.15. The van der Waals surface area contributed by atoms with Gasteiger partial charge in [-0.3, -0.25) is 14.4 Å². The summed E-state index contributed by atoms with van der Waals surface area (Å²) in [6.07, 6.45) is 3.96. The van der Waals surface area contributed by atoms with Crippen molar-refractivity contribution in [3.05, 3.63) is 59.7 Å². The van der Waals surface area contributed by atoms with Gasteiger partial charge in [-0.15, -0.1) is 11.8 Å². The average Bonchev–Trinajstić information content (AvgIpc) is 2.76. The van der Waals surface area contributed by atoms with Crippen LogP contribution in [0.2, 0.25) is 0 Å². The molecule has 6 nitrogen and oxygen atoms in total. The van der Waals surface area contributed by atoms with Gasteiger partial charge in [0.1, 0.15) is 12.3 Å². The summed E-state index contributed by atoms with van der Waals surface area (Å²) < 4.78 is 10.5. The number of benzene rings is 2. The molecular formula is C22H25NO5S. The van der Waals surface area contributed by atoms with Gasteiger partial charge in [0, 0.05) is 16.0 Å². The van der Waals surface area contributed by atoms with E-state index in [-0.39, 0.29) is 18.9 Å². The third-order valence-corrected chi connectivity index (χ3v) is 4.80. The molecule has 0 aliphatic heterocycles. The quantitative estimate of drug-likeness (QED) is 0.261. The number of hydrogen-bond acceptors (Lipinski definition) is 6. The topological polar surface area (TPSA) is 81.7 Å². The minimum atomic E-state index is -0.674. The Morgan fingerprint density at radius 1 is 0.966 bits per heavy atom. The molecule has 0 radical (unpaired) electrons. The minimum absolute atomic E-state index is 0.295. The van der Waals surface area contributed by atoms with E-state index in [1.54, 1.807) is 48.2 Å². The number of ketones is 1. The van der Waals surface area contributed by atoms with E-state index in [2.05, 4.69) is 12.2 Å². The van der Waals surface area contributed by atoms with E-state index in [1.165, 1.54) is 0 Å². The Morgan fingerprint density at radius 2 is 1.62 bits per heavy atom. The Hall–Kier alpha value is -2.80. The first-order valence-corrected chi connectivity index (χ1v) is 10.6. The van der Waals surface area contributed by atoms with Crippen LogP contribution in [-0.2, 0) is 9.53 Å². The molecule has 2 aromatic rings. The van der Waals surface area contributed by atoms with Gasteiger partial charge in [0.25, 0.3) is 5.91 Å². The summed E-state index contributed by atoms with van der Waals surface area (Å²) >= 11 is 1.58. The van der Waals surface area contributed by atoms with Crippen molar-refractivity contribution >= 4 is 29.4 Å². The number of rotatable bonds is 11. The van der Waals surface area contributed by atoms with Crippen LogP contribution in [0.4, 0.5) is 0 Å². The lowest BCUT2D eigenvalue weighted by atomic mass is 10.1. The Balaban J connectivity index is 1.73. The van der Waals surface area contributed by atoms with E-state index in [1.807, 2.05) is 18.4 Å². The Kier molecular flexibility index (Phi) is 9.24. The molecule has 2 rings (SSSR count). The van der Waals surface area contributed by atoms with Gasteiger partial charge in [-0.1, -0.05) is 25.5 Å². The molecule has 0 aliphatic rings. The number of unbranched alkanes of at least 4 members (excludes halogenated alkanes) is 1. The van der Waals surface area contributed by atoms with E-state index < -0.39 is 11.9 Å². The summed E-state index contributed by atoms with van der Waals surface area (Å²) in [6.45, 7) is 2.04. The summed E-state index contributed by atoms with van der Waals surface area (Å²) in [6, 6.07) is 13.7. The van der Waals surface area contributed by atoms with Crippen LogP contribution in [-0.4, -0.2) is 43.7 Å². The normalized spacial score (nSPS) is 10.3. The molecule has 0 aromatic heterocycles. The fourth-order valence-corrected chi connectivity index (χ4v) is 2.76. The highest BCUT2D eigenvalue weighted by molar-refractivity contribution is 7.98. The summed E-state index contributed by atoms with van der Waals surface area (Å²) in [5.74, 6) is -0.678. The number of amides is 1. The van der Waals surface area contributed by atoms with Crippen LogP contribution in [0.3, 0.4) is 0 Å². The highest BCUT2D eigenvalue weighted by Gasteiger charge is 2.12. The fourth-order valence-electron chi connectivity index (χ4n) is 2.35. The number of Topliss-reactive ketones (excluding diaryl/α,β-unsaturated/α-hetero) is 1.